The Morgan fingerprint density at radius 3 is 2.37 bits per heavy atom. The van der Waals surface area contributed by atoms with Gasteiger partial charge < -0.3 is 0 Å². The van der Waals surface area contributed by atoms with Crippen LogP contribution in [0, 0.1) is 11.8 Å². The van der Waals surface area contributed by atoms with Crippen LogP contribution in [0.4, 0.5) is 0 Å². The van der Waals surface area contributed by atoms with Gasteiger partial charge in [-0.1, -0.05) is 18.2 Å². The molecule has 1 saturated carbocycles. The van der Waals surface area contributed by atoms with Crippen LogP contribution in [0.3, 0.4) is 0 Å². The van der Waals surface area contributed by atoms with Gasteiger partial charge in [0.15, 0.2) is 15.6 Å². The summed E-state index contributed by atoms with van der Waals surface area (Å²) in [6.07, 6.45) is 5.84. The number of benzene rings is 1. The van der Waals surface area contributed by atoms with Gasteiger partial charge in [0, 0.05) is 18.2 Å². The SMILES string of the molecule is C=C[C@H](CC(=O)c1ccc(S(C)(=O)=O)cc1)C1CC1. The van der Waals surface area contributed by atoms with Gasteiger partial charge in [-0.25, -0.2) is 8.42 Å². The zero-order valence-corrected chi connectivity index (χ0v) is 11.8. The molecule has 0 aromatic heterocycles. The van der Waals surface area contributed by atoms with E-state index in [1.807, 2.05) is 6.08 Å². The molecule has 1 fully saturated rings. The van der Waals surface area contributed by atoms with Gasteiger partial charge in [-0.2, -0.15) is 0 Å². The first-order valence-corrected chi connectivity index (χ1v) is 8.27. The molecule has 4 heteroatoms. The first kappa shape index (κ1) is 14.0. The molecular formula is C15H18O3S. The van der Waals surface area contributed by atoms with E-state index < -0.39 is 9.84 Å². The van der Waals surface area contributed by atoms with Crippen molar-refractivity contribution in [1.82, 2.24) is 0 Å². The Kier molecular flexibility index (Phi) is 3.90. The van der Waals surface area contributed by atoms with Gasteiger partial charge in [0.25, 0.3) is 0 Å². The van der Waals surface area contributed by atoms with Crippen molar-refractivity contribution in [3.63, 3.8) is 0 Å². The Labute approximate surface area is 114 Å². The molecule has 102 valence electrons. The number of sulfone groups is 1. The van der Waals surface area contributed by atoms with Gasteiger partial charge in [-0.05, 0) is 36.8 Å². The maximum atomic E-state index is 12.1. The van der Waals surface area contributed by atoms with E-state index in [1.165, 1.54) is 25.0 Å². The van der Waals surface area contributed by atoms with E-state index >= 15 is 0 Å². The van der Waals surface area contributed by atoms with E-state index in [-0.39, 0.29) is 16.6 Å². The molecule has 1 aliphatic carbocycles. The Bertz CT molecular complexity index is 580. The number of carbonyl (C=O) groups excluding carboxylic acids is 1. The highest BCUT2D eigenvalue weighted by atomic mass is 32.2. The summed E-state index contributed by atoms with van der Waals surface area (Å²) >= 11 is 0. The summed E-state index contributed by atoms with van der Waals surface area (Å²) in [5, 5.41) is 0. The summed E-state index contributed by atoms with van der Waals surface area (Å²) in [6.45, 7) is 3.78. The first-order valence-electron chi connectivity index (χ1n) is 6.37. The third-order valence-electron chi connectivity index (χ3n) is 3.56. The molecule has 0 amide bonds. The largest absolute Gasteiger partial charge is 0.294 e. The lowest BCUT2D eigenvalue weighted by molar-refractivity contribution is 0.0965. The van der Waals surface area contributed by atoms with Gasteiger partial charge >= 0.3 is 0 Å². The van der Waals surface area contributed by atoms with Crippen molar-refractivity contribution in [1.29, 1.82) is 0 Å². The van der Waals surface area contributed by atoms with Crippen LogP contribution in [0.15, 0.2) is 41.8 Å². The van der Waals surface area contributed by atoms with Gasteiger partial charge in [-0.3, -0.25) is 4.79 Å². The molecule has 1 atom stereocenters. The topological polar surface area (TPSA) is 51.2 Å². The van der Waals surface area contributed by atoms with Crippen molar-refractivity contribution >= 4 is 15.6 Å². The number of ketones is 1. The van der Waals surface area contributed by atoms with Crippen LogP contribution < -0.4 is 0 Å². The summed E-state index contributed by atoms with van der Waals surface area (Å²) in [5.41, 5.74) is 0.569. The van der Waals surface area contributed by atoms with E-state index in [1.54, 1.807) is 12.1 Å². The molecule has 0 saturated heterocycles. The normalized spacial score (nSPS) is 16.9. The average molecular weight is 278 g/mol. The molecule has 2 rings (SSSR count). The van der Waals surface area contributed by atoms with Crippen LogP contribution in [-0.4, -0.2) is 20.5 Å². The highest BCUT2D eigenvalue weighted by molar-refractivity contribution is 7.90. The number of hydrogen-bond donors (Lipinski definition) is 0. The van der Waals surface area contributed by atoms with E-state index in [4.69, 9.17) is 0 Å². The summed E-state index contributed by atoms with van der Waals surface area (Å²) in [4.78, 5) is 12.4. The van der Waals surface area contributed by atoms with Gasteiger partial charge in [0.05, 0.1) is 4.90 Å². The fourth-order valence-electron chi connectivity index (χ4n) is 2.19. The summed E-state index contributed by atoms with van der Waals surface area (Å²) in [6, 6.07) is 6.16. The molecule has 3 nitrogen and oxygen atoms in total. The van der Waals surface area contributed by atoms with E-state index in [0.717, 1.165) is 6.26 Å². The van der Waals surface area contributed by atoms with Crippen LogP contribution in [0.5, 0.6) is 0 Å². The molecule has 0 heterocycles. The molecule has 19 heavy (non-hydrogen) atoms. The molecule has 0 unspecified atom stereocenters. The van der Waals surface area contributed by atoms with Crippen LogP contribution in [0.25, 0.3) is 0 Å². The second-order valence-electron chi connectivity index (χ2n) is 5.16. The van der Waals surface area contributed by atoms with Crippen molar-refractivity contribution in [2.24, 2.45) is 11.8 Å². The zero-order valence-electron chi connectivity index (χ0n) is 11.0. The Morgan fingerprint density at radius 1 is 1.37 bits per heavy atom. The van der Waals surface area contributed by atoms with Crippen molar-refractivity contribution in [3.8, 4) is 0 Å². The predicted octanol–water partition coefficient (Wildman–Crippen LogP) is 2.88. The monoisotopic (exact) mass is 278 g/mol. The minimum absolute atomic E-state index is 0.0526. The van der Waals surface area contributed by atoms with E-state index in [0.29, 0.717) is 17.9 Å². The summed E-state index contributed by atoms with van der Waals surface area (Å²) in [5.74, 6) is 0.913. The third-order valence-corrected chi connectivity index (χ3v) is 4.68. The summed E-state index contributed by atoms with van der Waals surface area (Å²) < 4.78 is 22.7. The zero-order chi connectivity index (χ0) is 14.0. The molecular weight excluding hydrogens is 260 g/mol. The molecule has 1 aromatic carbocycles. The second kappa shape index (κ2) is 5.29. The maximum absolute atomic E-state index is 12.1. The van der Waals surface area contributed by atoms with Gasteiger partial charge in [0.2, 0.25) is 0 Å². The molecule has 0 radical (unpaired) electrons. The van der Waals surface area contributed by atoms with E-state index in [9.17, 15) is 13.2 Å². The van der Waals surface area contributed by atoms with Crippen molar-refractivity contribution in [2.45, 2.75) is 24.2 Å². The van der Waals surface area contributed by atoms with Crippen LogP contribution in [0.2, 0.25) is 0 Å². The molecule has 0 N–H and O–H groups in total. The van der Waals surface area contributed by atoms with E-state index in [2.05, 4.69) is 6.58 Å². The molecule has 0 aliphatic heterocycles. The number of rotatable bonds is 6. The van der Waals surface area contributed by atoms with Crippen LogP contribution in [-0.2, 0) is 9.84 Å². The van der Waals surface area contributed by atoms with Gasteiger partial charge in [0.1, 0.15) is 0 Å². The lowest BCUT2D eigenvalue weighted by Crippen LogP contribution is -2.09. The maximum Gasteiger partial charge on any atom is 0.175 e. The highest BCUT2D eigenvalue weighted by Crippen LogP contribution is 2.39. The highest BCUT2D eigenvalue weighted by Gasteiger charge is 2.30. The minimum Gasteiger partial charge on any atom is -0.294 e. The quantitative estimate of drug-likeness (QED) is 0.594. The molecule has 1 aromatic rings. The number of Topliss-reactive ketones (excluding diaryl/α,β-unsaturated/α-hetero) is 1. The molecule has 0 spiro atoms. The summed E-state index contributed by atoms with van der Waals surface area (Å²) in [7, 11) is -3.20. The van der Waals surface area contributed by atoms with Gasteiger partial charge in [-0.15, -0.1) is 6.58 Å². The Hall–Kier alpha value is -1.42. The number of hydrogen-bond acceptors (Lipinski definition) is 3. The predicted molar refractivity (Wildman–Crippen MR) is 74.9 cm³/mol. The average Bonchev–Trinajstić information content (AvgIpc) is 3.19. The Balaban J connectivity index is 2.09. The minimum atomic E-state index is -3.20. The lowest BCUT2D eigenvalue weighted by Gasteiger charge is -2.10. The fourth-order valence-corrected chi connectivity index (χ4v) is 2.82. The van der Waals surface area contributed by atoms with Crippen molar-refractivity contribution < 1.29 is 13.2 Å². The van der Waals surface area contributed by atoms with Crippen LogP contribution >= 0.6 is 0 Å². The molecule has 0 bridgehead atoms. The van der Waals surface area contributed by atoms with Crippen LogP contribution in [0.1, 0.15) is 29.6 Å². The fraction of sp³-hybridized carbons (Fsp3) is 0.400. The number of allylic oxidation sites excluding steroid dienone is 1. The lowest BCUT2D eigenvalue weighted by atomic mass is 9.94. The standard InChI is InChI=1S/C15H18O3S/c1-3-11(12-4-5-12)10-15(16)13-6-8-14(9-7-13)19(2,17)18/h3,6-9,11-12H,1,4-5,10H2,2H3/t11-/m1/s1. The molecule has 1 aliphatic rings. The third kappa shape index (κ3) is 3.53. The van der Waals surface area contributed by atoms with Crippen molar-refractivity contribution in [2.75, 3.05) is 6.26 Å². The second-order valence-corrected chi connectivity index (χ2v) is 7.18. The van der Waals surface area contributed by atoms with Crippen molar-refractivity contribution in [3.05, 3.63) is 42.5 Å². The smallest absolute Gasteiger partial charge is 0.175 e. The first-order chi connectivity index (χ1) is 8.91. The Morgan fingerprint density at radius 2 is 1.95 bits per heavy atom. The number of carbonyl (C=O) groups is 1.